The van der Waals surface area contributed by atoms with Crippen LogP contribution in [0.5, 0.6) is 23.0 Å². The Morgan fingerprint density at radius 2 is 1.84 bits per heavy atom. The van der Waals surface area contributed by atoms with Gasteiger partial charge in [0.1, 0.15) is 30.8 Å². The van der Waals surface area contributed by atoms with Gasteiger partial charge in [0.15, 0.2) is 11.5 Å². The maximum Gasteiger partial charge on any atom is 0.354 e. The van der Waals surface area contributed by atoms with E-state index in [9.17, 15) is 9.90 Å². The molecular formula is C24H31NO7. The highest BCUT2D eigenvalue weighted by Gasteiger charge is 2.47. The summed E-state index contributed by atoms with van der Waals surface area (Å²) < 4.78 is 27.9. The second-order valence-electron chi connectivity index (χ2n) is 7.71. The van der Waals surface area contributed by atoms with E-state index in [0.29, 0.717) is 23.7 Å². The van der Waals surface area contributed by atoms with Gasteiger partial charge in [-0.15, -0.1) is 0 Å². The van der Waals surface area contributed by atoms with Crippen molar-refractivity contribution >= 4 is 5.97 Å². The zero-order valence-electron chi connectivity index (χ0n) is 18.7. The summed E-state index contributed by atoms with van der Waals surface area (Å²) >= 11 is 0. The van der Waals surface area contributed by atoms with Crippen molar-refractivity contribution in [3.05, 3.63) is 48.5 Å². The molecule has 2 aromatic rings. The van der Waals surface area contributed by atoms with Gasteiger partial charge in [-0.2, -0.15) is 0 Å². The van der Waals surface area contributed by atoms with Gasteiger partial charge >= 0.3 is 5.97 Å². The van der Waals surface area contributed by atoms with Gasteiger partial charge in [0.05, 0.1) is 13.7 Å². The van der Waals surface area contributed by atoms with Crippen molar-refractivity contribution in [3.63, 3.8) is 0 Å². The molecule has 0 fully saturated rings. The van der Waals surface area contributed by atoms with E-state index in [1.807, 2.05) is 19.1 Å². The van der Waals surface area contributed by atoms with E-state index >= 15 is 0 Å². The number of hydrogen-bond acceptors (Lipinski definition) is 8. The van der Waals surface area contributed by atoms with Crippen molar-refractivity contribution in [3.8, 4) is 23.0 Å². The topological polar surface area (TPSA) is 95.5 Å². The Kier molecular flexibility index (Phi) is 8.19. The van der Waals surface area contributed by atoms with Crippen LogP contribution in [0, 0.1) is 0 Å². The number of nitrogens with one attached hydrogen (secondary N) is 1. The van der Waals surface area contributed by atoms with Crippen molar-refractivity contribution < 1.29 is 33.6 Å². The Hall–Kier alpha value is -2.97. The Balaban J connectivity index is 1.53. The zero-order chi connectivity index (χ0) is 23.0. The Labute approximate surface area is 188 Å². The fraction of sp³-hybridized carbons (Fsp3) is 0.458. The standard InChI is InChI=1S/C24H31NO7/c1-4-29-23(27)24(16-31-21-7-5-6-8-22(21)32-24)13-17(2)25-14-18(26)15-30-20-11-9-19(28-3)10-12-20/h5-12,17-18,25-26H,4,13-16H2,1-3H3/t17-,18+,24-/m1/s1. The van der Waals surface area contributed by atoms with Crippen molar-refractivity contribution in [2.45, 2.75) is 38.0 Å². The number of rotatable bonds is 11. The van der Waals surface area contributed by atoms with Crippen LogP contribution >= 0.6 is 0 Å². The zero-order valence-corrected chi connectivity index (χ0v) is 18.7. The number of aliphatic hydroxyl groups excluding tert-OH is 1. The van der Waals surface area contributed by atoms with Crippen LogP contribution in [0.15, 0.2) is 48.5 Å². The first kappa shape index (κ1) is 23.7. The Morgan fingerprint density at radius 3 is 2.53 bits per heavy atom. The molecule has 8 heteroatoms. The highest BCUT2D eigenvalue weighted by Crippen LogP contribution is 2.37. The maximum absolute atomic E-state index is 12.8. The summed E-state index contributed by atoms with van der Waals surface area (Å²) in [6.45, 7) is 4.38. The normalized spacial score (nSPS) is 19.0. The molecule has 0 spiro atoms. The second-order valence-corrected chi connectivity index (χ2v) is 7.71. The van der Waals surface area contributed by atoms with E-state index < -0.39 is 17.7 Å². The summed E-state index contributed by atoms with van der Waals surface area (Å²) in [6, 6.07) is 14.2. The number of carbonyl (C=O) groups excluding carboxylic acids is 1. The first-order valence-corrected chi connectivity index (χ1v) is 10.7. The van der Waals surface area contributed by atoms with E-state index in [1.165, 1.54) is 0 Å². The number of esters is 1. The molecule has 0 radical (unpaired) electrons. The lowest BCUT2D eigenvalue weighted by atomic mass is 9.94. The van der Waals surface area contributed by atoms with Crippen molar-refractivity contribution in [1.82, 2.24) is 5.32 Å². The molecule has 32 heavy (non-hydrogen) atoms. The minimum absolute atomic E-state index is 0.0536. The van der Waals surface area contributed by atoms with Gasteiger partial charge in [0.25, 0.3) is 0 Å². The number of para-hydroxylation sites is 2. The Bertz CT molecular complexity index is 873. The van der Waals surface area contributed by atoms with Gasteiger partial charge in [0, 0.05) is 19.0 Å². The van der Waals surface area contributed by atoms with Crippen LogP contribution < -0.4 is 24.3 Å². The van der Waals surface area contributed by atoms with Crippen LogP contribution in [-0.4, -0.2) is 62.3 Å². The van der Waals surface area contributed by atoms with Crippen LogP contribution in [0.25, 0.3) is 0 Å². The SMILES string of the molecule is CCOC(=O)[C@@]1(C[C@@H](C)NC[C@H](O)COc2ccc(OC)cc2)COc2ccccc2O1. The van der Waals surface area contributed by atoms with E-state index in [-0.39, 0.29) is 32.4 Å². The summed E-state index contributed by atoms with van der Waals surface area (Å²) in [7, 11) is 1.60. The molecular weight excluding hydrogens is 414 g/mol. The molecule has 3 atom stereocenters. The molecule has 0 bridgehead atoms. The third-order valence-corrected chi connectivity index (χ3v) is 5.10. The summed E-state index contributed by atoms with van der Waals surface area (Å²) in [4.78, 5) is 12.8. The van der Waals surface area contributed by atoms with Crippen molar-refractivity contribution in [2.75, 3.05) is 33.5 Å². The fourth-order valence-corrected chi connectivity index (χ4v) is 3.46. The number of ether oxygens (including phenoxy) is 5. The lowest BCUT2D eigenvalue weighted by Gasteiger charge is -2.37. The summed E-state index contributed by atoms with van der Waals surface area (Å²) in [5.74, 6) is 2.02. The van der Waals surface area contributed by atoms with Crippen LogP contribution in [0.2, 0.25) is 0 Å². The molecule has 0 amide bonds. The van der Waals surface area contributed by atoms with Crippen molar-refractivity contribution in [2.24, 2.45) is 0 Å². The van der Waals surface area contributed by atoms with Crippen LogP contribution in [0.3, 0.4) is 0 Å². The quantitative estimate of drug-likeness (QED) is 0.510. The fourth-order valence-electron chi connectivity index (χ4n) is 3.46. The number of hydrogen-bond donors (Lipinski definition) is 2. The third-order valence-electron chi connectivity index (χ3n) is 5.10. The van der Waals surface area contributed by atoms with Gasteiger partial charge in [-0.25, -0.2) is 4.79 Å². The highest BCUT2D eigenvalue weighted by atomic mass is 16.6. The van der Waals surface area contributed by atoms with E-state index in [1.54, 1.807) is 50.4 Å². The minimum Gasteiger partial charge on any atom is -0.497 e. The molecule has 174 valence electrons. The average Bonchev–Trinajstić information content (AvgIpc) is 2.81. The monoisotopic (exact) mass is 445 g/mol. The van der Waals surface area contributed by atoms with E-state index in [2.05, 4.69) is 5.32 Å². The number of methoxy groups -OCH3 is 1. The van der Waals surface area contributed by atoms with Crippen LogP contribution in [0.4, 0.5) is 0 Å². The lowest BCUT2D eigenvalue weighted by Crippen LogP contribution is -2.56. The molecule has 0 aliphatic carbocycles. The Morgan fingerprint density at radius 1 is 1.16 bits per heavy atom. The van der Waals surface area contributed by atoms with E-state index in [0.717, 1.165) is 5.75 Å². The number of benzene rings is 2. The number of carbonyl (C=O) groups is 1. The molecule has 3 rings (SSSR count). The summed E-state index contributed by atoms with van der Waals surface area (Å²) in [6.07, 6.45) is -0.422. The minimum atomic E-state index is -1.26. The maximum atomic E-state index is 12.8. The smallest absolute Gasteiger partial charge is 0.354 e. The summed E-state index contributed by atoms with van der Waals surface area (Å²) in [5.41, 5.74) is -1.26. The molecule has 0 saturated carbocycles. The van der Waals surface area contributed by atoms with Gasteiger partial charge in [-0.05, 0) is 50.2 Å². The lowest BCUT2D eigenvalue weighted by molar-refractivity contribution is -0.168. The van der Waals surface area contributed by atoms with Gasteiger partial charge < -0.3 is 34.1 Å². The molecule has 1 heterocycles. The second kappa shape index (κ2) is 11.1. The van der Waals surface area contributed by atoms with Crippen molar-refractivity contribution in [1.29, 1.82) is 0 Å². The number of aliphatic hydroxyl groups is 1. The first-order valence-electron chi connectivity index (χ1n) is 10.7. The van der Waals surface area contributed by atoms with Crippen LogP contribution in [0.1, 0.15) is 20.3 Å². The molecule has 0 saturated heterocycles. The van der Waals surface area contributed by atoms with Gasteiger partial charge in [-0.1, -0.05) is 12.1 Å². The third kappa shape index (κ3) is 6.05. The predicted octanol–water partition coefficient (Wildman–Crippen LogP) is 2.58. The highest BCUT2D eigenvalue weighted by molar-refractivity contribution is 5.81. The van der Waals surface area contributed by atoms with Crippen LogP contribution in [-0.2, 0) is 9.53 Å². The molecule has 8 nitrogen and oxygen atoms in total. The molecule has 2 N–H and O–H groups in total. The average molecular weight is 446 g/mol. The van der Waals surface area contributed by atoms with E-state index in [4.69, 9.17) is 23.7 Å². The predicted molar refractivity (Wildman–Crippen MR) is 119 cm³/mol. The summed E-state index contributed by atoms with van der Waals surface area (Å²) in [5, 5.41) is 13.5. The molecule has 0 unspecified atom stereocenters. The molecule has 2 aromatic carbocycles. The number of fused-ring (bicyclic) bond motifs is 1. The largest absolute Gasteiger partial charge is 0.497 e. The first-order chi connectivity index (χ1) is 15.5. The molecule has 1 aliphatic heterocycles. The van der Waals surface area contributed by atoms with Gasteiger partial charge in [0.2, 0.25) is 5.60 Å². The molecule has 1 aliphatic rings. The molecule has 0 aromatic heterocycles. The van der Waals surface area contributed by atoms with Gasteiger partial charge in [-0.3, -0.25) is 0 Å².